The molecule has 1 saturated heterocycles. The average Bonchev–Trinajstić information content (AvgIpc) is 3.41. The topological polar surface area (TPSA) is 165 Å². The molecule has 0 saturated carbocycles. The number of rotatable bonds is 7. The van der Waals surface area contributed by atoms with Crippen molar-refractivity contribution < 1.29 is 23.9 Å². The first-order valence-electron chi connectivity index (χ1n) is 15.4. The average molecular weight is 636 g/mol. The number of piperidine rings is 1. The highest BCUT2D eigenvalue weighted by atomic mass is 16.6. The van der Waals surface area contributed by atoms with Gasteiger partial charge in [-0.1, -0.05) is 24.3 Å². The van der Waals surface area contributed by atoms with Crippen LogP contribution in [0.3, 0.4) is 0 Å². The van der Waals surface area contributed by atoms with E-state index in [1.165, 1.54) is 4.68 Å². The number of carbonyl (C=O) groups excluding carboxylic acids is 3. The van der Waals surface area contributed by atoms with Crippen molar-refractivity contribution in [3.63, 3.8) is 0 Å². The van der Waals surface area contributed by atoms with Gasteiger partial charge in [0.15, 0.2) is 11.5 Å². The van der Waals surface area contributed by atoms with Crippen molar-refractivity contribution in [2.45, 2.75) is 58.6 Å². The summed E-state index contributed by atoms with van der Waals surface area (Å²) in [5, 5.41) is 11.9. The van der Waals surface area contributed by atoms with E-state index in [9.17, 15) is 14.4 Å². The summed E-state index contributed by atoms with van der Waals surface area (Å²) in [6.45, 7) is 7.71. The maximum atomic E-state index is 13.2. The number of hydrogen-bond donors (Lipinski definition) is 2. The molecular weight excluding hydrogens is 598 g/mol. The summed E-state index contributed by atoms with van der Waals surface area (Å²) in [6, 6.07) is 18.9. The van der Waals surface area contributed by atoms with Crippen LogP contribution in [0.15, 0.2) is 66.9 Å². The van der Waals surface area contributed by atoms with E-state index in [1.807, 2.05) is 18.2 Å². The molecule has 2 aromatic heterocycles. The summed E-state index contributed by atoms with van der Waals surface area (Å²) in [7, 11) is 0. The predicted molar refractivity (Wildman–Crippen MR) is 176 cm³/mol. The molecule has 0 spiro atoms. The number of imidazole rings is 1. The summed E-state index contributed by atoms with van der Waals surface area (Å²) in [4.78, 5) is 50.1. The minimum atomic E-state index is -0.684. The van der Waals surface area contributed by atoms with Crippen molar-refractivity contribution in [2.24, 2.45) is 0 Å². The smallest absolute Gasteiger partial charge is 0.410 e. The summed E-state index contributed by atoms with van der Waals surface area (Å²) in [6.07, 6.45) is 3.36. The van der Waals surface area contributed by atoms with Crippen LogP contribution in [0, 0.1) is 11.3 Å². The number of benzene rings is 2. The van der Waals surface area contributed by atoms with Gasteiger partial charge in [0, 0.05) is 23.9 Å². The third-order valence-corrected chi connectivity index (χ3v) is 7.61. The number of nitrogens with zero attached hydrogens (tertiary/aromatic N) is 5. The molecule has 2 aromatic carbocycles. The number of ether oxygens (including phenoxy) is 2. The summed E-state index contributed by atoms with van der Waals surface area (Å²) >= 11 is 0. The Balaban J connectivity index is 1.41. The van der Waals surface area contributed by atoms with Gasteiger partial charge in [0.25, 0.3) is 5.91 Å². The maximum absolute atomic E-state index is 13.2. The molecule has 0 aliphatic carbocycles. The third kappa shape index (κ3) is 7.41. The summed E-state index contributed by atoms with van der Waals surface area (Å²) in [5.41, 5.74) is 2.79. The lowest BCUT2D eigenvalue weighted by molar-refractivity contribution is 0.00820. The SMILES string of the molecule is CCOC(=O)c1c(-c2ccc(C(=O)Nc3cc(-c4ccc(C#N)cc4)ccn3)cc2)nc([C@@H]2CCCCN2C(=O)OC(C)(C)C)n1N. The van der Waals surface area contributed by atoms with Crippen molar-refractivity contribution in [3.05, 3.63) is 89.5 Å². The number of nitrogens with one attached hydrogen (secondary N) is 1. The van der Waals surface area contributed by atoms with Crippen molar-refractivity contribution >= 4 is 23.8 Å². The lowest BCUT2D eigenvalue weighted by atomic mass is 10.0. The van der Waals surface area contributed by atoms with E-state index in [0.29, 0.717) is 41.3 Å². The molecule has 0 radical (unpaired) electrons. The molecule has 242 valence electrons. The second kappa shape index (κ2) is 13.7. The first-order valence-corrected chi connectivity index (χ1v) is 15.4. The number of hydrogen-bond acceptors (Lipinski definition) is 9. The highest BCUT2D eigenvalue weighted by molar-refractivity contribution is 6.04. The standard InChI is InChI=1S/C35H37N7O5/c1-5-46-33(44)30-29(40-31(42(30)37)27-8-6-7-19-41(27)34(45)47-35(2,3)4)24-13-15-25(16-14-24)32(43)39-28-20-26(17-18-38-28)23-11-9-22(21-36)10-12-23/h9-18,20,27H,5-8,19,37H2,1-4H3,(H,38,39,43)/t27-/m0/s1. The second-order valence-corrected chi connectivity index (χ2v) is 12.1. The Morgan fingerprint density at radius 1 is 1.02 bits per heavy atom. The van der Waals surface area contributed by atoms with Gasteiger partial charge in [-0.05, 0) is 94.5 Å². The van der Waals surface area contributed by atoms with Crippen LogP contribution < -0.4 is 11.2 Å². The molecule has 5 rings (SSSR count). The van der Waals surface area contributed by atoms with Gasteiger partial charge in [-0.2, -0.15) is 5.26 Å². The summed E-state index contributed by atoms with van der Waals surface area (Å²) < 4.78 is 12.2. The van der Waals surface area contributed by atoms with E-state index in [4.69, 9.17) is 25.6 Å². The Morgan fingerprint density at radius 2 is 1.72 bits per heavy atom. The number of aromatic nitrogens is 3. The van der Waals surface area contributed by atoms with Gasteiger partial charge < -0.3 is 20.6 Å². The zero-order chi connectivity index (χ0) is 33.7. The molecule has 1 aliphatic heterocycles. The largest absolute Gasteiger partial charge is 0.461 e. The molecule has 12 nitrogen and oxygen atoms in total. The van der Waals surface area contributed by atoms with Gasteiger partial charge in [0.05, 0.1) is 24.3 Å². The molecule has 0 bridgehead atoms. The molecule has 0 unspecified atom stereocenters. The molecule has 1 aliphatic rings. The zero-order valence-corrected chi connectivity index (χ0v) is 26.8. The van der Waals surface area contributed by atoms with Crippen molar-refractivity contribution in [2.75, 3.05) is 24.3 Å². The Kier molecular flexibility index (Phi) is 9.56. The molecular formula is C35H37N7O5. The Bertz CT molecular complexity index is 1820. The van der Waals surface area contributed by atoms with Crippen LogP contribution in [0.25, 0.3) is 22.4 Å². The van der Waals surface area contributed by atoms with Gasteiger partial charge in [-0.25, -0.2) is 24.2 Å². The molecule has 1 fully saturated rings. The molecule has 4 aromatic rings. The van der Waals surface area contributed by atoms with Gasteiger partial charge in [-0.3, -0.25) is 9.69 Å². The van der Waals surface area contributed by atoms with Gasteiger partial charge in [0.1, 0.15) is 17.1 Å². The molecule has 2 amide bonds. The number of likely N-dealkylation sites (tertiary alicyclic amines) is 1. The van der Waals surface area contributed by atoms with Crippen LogP contribution in [0.5, 0.6) is 0 Å². The fourth-order valence-corrected chi connectivity index (χ4v) is 5.40. The number of pyridine rings is 1. The normalized spacial score (nSPS) is 14.6. The number of amides is 2. The fourth-order valence-electron chi connectivity index (χ4n) is 5.40. The highest BCUT2D eigenvalue weighted by Gasteiger charge is 2.36. The molecule has 1 atom stereocenters. The number of nitrogen functional groups attached to an aromatic ring is 1. The van der Waals surface area contributed by atoms with Gasteiger partial charge >= 0.3 is 12.1 Å². The third-order valence-electron chi connectivity index (χ3n) is 7.61. The lowest BCUT2D eigenvalue weighted by Gasteiger charge is -2.36. The summed E-state index contributed by atoms with van der Waals surface area (Å²) in [5.74, 6) is 6.18. The van der Waals surface area contributed by atoms with Crippen molar-refractivity contribution in [1.82, 2.24) is 19.5 Å². The van der Waals surface area contributed by atoms with Crippen LogP contribution in [0.2, 0.25) is 0 Å². The second-order valence-electron chi connectivity index (χ2n) is 12.1. The minimum absolute atomic E-state index is 0.0394. The first-order chi connectivity index (χ1) is 22.5. The van der Waals surface area contributed by atoms with Crippen LogP contribution in [-0.4, -0.2) is 56.3 Å². The van der Waals surface area contributed by atoms with Crippen molar-refractivity contribution in [1.29, 1.82) is 5.26 Å². The maximum Gasteiger partial charge on any atom is 0.410 e. The Morgan fingerprint density at radius 3 is 2.38 bits per heavy atom. The predicted octanol–water partition coefficient (Wildman–Crippen LogP) is 6.09. The van der Waals surface area contributed by atoms with E-state index in [0.717, 1.165) is 24.0 Å². The van der Waals surface area contributed by atoms with E-state index in [-0.39, 0.29) is 23.9 Å². The molecule has 47 heavy (non-hydrogen) atoms. The molecule has 12 heteroatoms. The Hall–Kier alpha value is -5.70. The van der Waals surface area contributed by atoms with E-state index >= 15 is 0 Å². The van der Waals surface area contributed by atoms with Crippen LogP contribution >= 0.6 is 0 Å². The van der Waals surface area contributed by atoms with E-state index in [1.54, 1.807) is 81.3 Å². The fraction of sp³-hybridized carbons (Fsp3) is 0.314. The van der Waals surface area contributed by atoms with Gasteiger partial charge in [0.2, 0.25) is 0 Å². The van der Waals surface area contributed by atoms with Crippen LogP contribution in [0.4, 0.5) is 10.6 Å². The zero-order valence-electron chi connectivity index (χ0n) is 26.8. The van der Waals surface area contributed by atoms with E-state index in [2.05, 4.69) is 16.4 Å². The van der Waals surface area contributed by atoms with Crippen molar-refractivity contribution in [3.8, 4) is 28.5 Å². The number of carbonyl (C=O) groups is 3. The van der Waals surface area contributed by atoms with Gasteiger partial charge in [-0.15, -0.1) is 0 Å². The molecule has 3 N–H and O–H groups in total. The highest BCUT2D eigenvalue weighted by Crippen LogP contribution is 2.35. The number of nitrogens with two attached hydrogens (primary N) is 1. The minimum Gasteiger partial charge on any atom is -0.461 e. The monoisotopic (exact) mass is 635 g/mol. The van der Waals surface area contributed by atoms with E-state index < -0.39 is 23.7 Å². The Labute approximate surface area is 273 Å². The first kappa shape index (κ1) is 32.7. The number of nitriles is 1. The number of esters is 1. The number of anilines is 1. The van der Waals surface area contributed by atoms with Crippen LogP contribution in [-0.2, 0) is 9.47 Å². The quantitative estimate of drug-likeness (QED) is 0.181. The lowest BCUT2D eigenvalue weighted by Crippen LogP contribution is -2.43. The molecule has 3 heterocycles. The van der Waals surface area contributed by atoms with Crippen LogP contribution in [0.1, 0.15) is 85.2 Å².